The fourth-order valence-electron chi connectivity index (χ4n) is 5.72. The first-order valence-electron chi connectivity index (χ1n) is 9.14. The highest BCUT2D eigenvalue weighted by atomic mass is 16.5. The predicted molar refractivity (Wildman–Crippen MR) is 92.6 cm³/mol. The van der Waals surface area contributed by atoms with Crippen LogP contribution >= 0.6 is 0 Å². The van der Waals surface area contributed by atoms with E-state index in [1.165, 1.54) is 5.56 Å². The standard InChI is InChI=1S/C20H27NO3/c1-4-12-9-14-15-10-13-5-6-17(24-3)19(23)18(13)20(14,11-16(12)22)7-8-21(15)2/h5-6,12,14-15,23H,4,7-11H2,1-3H3/t12-,14+,15-,20-/m0/s1. The van der Waals surface area contributed by atoms with E-state index in [0.717, 1.165) is 37.8 Å². The number of ketones is 1. The van der Waals surface area contributed by atoms with E-state index in [9.17, 15) is 9.90 Å². The maximum Gasteiger partial charge on any atom is 0.161 e. The number of methoxy groups -OCH3 is 1. The van der Waals surface area contributed by atoms with E-state index in [0.29, 0.717) is 29.9 Å². The quantitative estimate of drug-likeness (QED) is 0.906. The molecule has 2 aliphatic carbocycles. The summed E-state index contributed by atoms with van der Waals surface area (Å²) in [5.41, 5.74) is 2.01. The van der Waals surface area contributed by atoms with Gasteiger partial charge in [-0.2, -0.15) is 0 Å². The Labute approximate surface area is 143 Å². The Bertz CT molecular complexity index is 686. The molecule has 1 saturated carbocycles. The smallest absolute Gasteiger partial charge is 0.161 e. The maximum atomic E-state index is 12.8. The molecule has 1 saturated heterocycles. The van der Waals surface area contributed by atoms with Crippen molar-refractivity contribution in [1.82, 2.24) is 4.90 Å². The van der Waals surface area contributed by atoms with E-state index in [2.05, 4.69) is 24.9 Å². The summed E-state index contributed by atoms with van der Waals surface area (Å²) in [5, 5.41) is 10.9. The van der Waals surface area contributed by atoms with Crippen LogP contribution in [0.5, 0.6) is 11.5 Å². The van der Waals surface area contributed by atoms with E-state index in [4.69, 9.17) is 4.74 Å². The number of nitrogens with zero attached hydrogens (tertiary/aromatic N) is 1. The van der Waals surface area contributed by atoms with Crippen molar-refractivity contribution in [3.05, 3.63) is 23.3 Å². The molecule has 1 aromatic rings. The summed E-state index contributed by atoms with van der Waals surface area (Å²) in [6, 6.07) is 4.43. The Kier molecular flexibility index (Phi) is 3.64. The second-order valence-electron chi connectivity index (χ2n) is 7.90. The molecule has 3 aliphatic rings. The van der Waals surface area contributed by atoms with Crippen molar-refractivity contribution in [1.29, 1.82) is 0 Å². The number of phenolic OH excluding ortho intramolecular Hbond substituents is 1. The van der Waals surface area contributed by atoms with Gasteiger partial charge in [-0.1, -0.05) is 13.0 Å². The first kappa shape index (κ1) is 15.9. The number of likely N-dealkylation sites (N-methyl/N-ethyl adjacent to an activating group) is 1. The molecule has 0 aromatic heterocycles. The molecule has 1 aromatic carbocycles. The average molecular weight is 329 g/mol. The molecule has 130 valence electrons. The van der Waals surface area contributed by atoms with Crippen LogP contribution in [0.1, 0.15) is 43.7 Å². The summed E-state index contributed by atoms with van der Waals surface area (Å²) in [7, 11) is 3.80. The van der Waals surface area contributed by atoms with Crippen LogP contribution in [-0.2, 0) is 16.6 Å². The van der Waals surface area contributed by atoms with Crippen LogP contribution in [0.15, 0.2) is 12.1 Å². The van der Waals surface area contributed by atoms with Crippen molar-refractivity contribution in [2.24, 2.45) is 11.8 Å². The third-order valence-electron chi connectivity index (χ3n) is 7.00. The largest absolute Gasteiger partial charge is 0.504 e. The summed E-state index contributed by atoms with van der Waals surface area (Å²) in [6.45, 7) is 3.11. The van der Waals surface area contributed by atoms with Gasteiger partial charge in [0.1, 0.15) is 5.78 Å². The number of phenols is 1. The van der Waals surface area contributed by atoms with Gasteiger partial charge in [0.05, 0.1) is 7.11 Å². The lowest BCUT2D eigenvalue weighted by atomic mass is 9.50. The van der Waals surface area contributed by atoms with Crippen LogP contribution in [0.25, 0.3) is 0 Å². The normalized spacial score (nSPS) is 35.3. The van der Waals surface area contributed by atoms with Crippen LogP contribution in [0.4, 0.5) is 0 Å². The number of carbonyl (C=O) groups is 1. The van der Waals surface area contributed by atoms with E-state index in [-0.39, 0.29) is 17.1 Å². The molecule has 0 amide bonds. The Morgan fingerprint density at radius 2 is 2.21 bits per heavy atom. The number of fused-ring (bicyclic) bond motifs is 1. The summed E-state index contributed by atoms with van der Waals surface area (Å²) in [6.07, 6.45) is 4.37. The number of benzene rings is 1. The summed E-state index contributed by atoms with van der Waals surface area (Å²) in [5.74, 6) is 1.82. The number of likely N-dealkylation sites (tertiary alicyclic amines) is 1. The van der Waals surface area contributed by atoms with Gasteiger partial charge in [-0.15, -0.1) is 0 Å². The number of Topliss-reactive ketones (excluding diaryl/α,β-unsaturated/α-hetero) is 1. The SMILES string of the molecule is CC[C@H]1C[C@@H]2[C@@H]3Cc4ccc(OC)c(O)c4[C@@]2(CCN3C)CC1=O. The van der Waals surface area contributed by atoms with Crippen molar-refractivity contribution in [2.45, 2.75) is 50.5 Å². The van der Waals surface area contributed by atoms with Crippen molar-refractivity contribution < 1.29 is 14.6 Å². The summed E-state index contributed by atoms with van der Waals surface area (Å²) < 4.78 is 5.37. The Balaban J connectivity index is 1.91. The summed E-state index contributed by atoms with van der Waals surface area (Å²) in [4.78, 5) is 15.3. The number of carbonyl (C=O) groups excluding carboxylic acids is 1. The van der Waals surface area contributed by atoms with Gasteiger partial charge in [0.25, 0.3) is 0 Å². The van der Waals surface area contributed by atoms with Gasteiger partial charge in [-0.25, -0.2) is 0 Å². The highest BCUT2D eigenvalue weighted by Gasteiger charge is 2.57. The Morgan fingerprint density at radius 1 is 1.42 bits per heavy atom. The average Bonchev–Trinajstić information content (AvgIpc) is 2.57. The monoisotopic (exact) mass is 329 g/mol. The van der Waals surface area contributed by atoms with Gasteiger partial charge in [0, 0.05) is 29.4 Å². The molecule has 1 aliphatic heterocycles. The molecule has 1 heterocycles. The number of piperidine rings is 1. The van der Waals surface area contributed by atoms with E-state index in [1.54, 1.807) is 7.11 Å². The lowest BCUT2D eigenvalue weighted by Crippen LogP contribution is -2.62. The second kappa shape index (κ2) is 5.48. The second-order valence-corrected chi connectivity index (χ2v) is 7.90. The lowest BCUT2D eigenvalue weighted by molar-refractivity contribution is -0.133. The molecule has 4 atom stereocenters. The molecule has 4 heteroatoms. The van der Waals surface area contributed by atoms with Crippen molar-refractivity contribution in [2.75, 3.05) is 20.7 Å². The minimum atomic E-state index is -0.202. The van der Waals surface area contributed by atoms with Crippen LogP contribution in [0.2, 0.25) is 0 Å². The molecule has 4 rings (SSSR count). The predicted octanol–water partition coefficient (Wildman–Crippen LogP) is 2.90. The van der Waals surface area contributed by atoms with Crippen molar-refractivity contribution in [3.63, 3.8) is 0 Å². The first-order chi connectivity index (χ1) is 11.5. The van der Waals surface area contributed by atoms with Gasteiger partial charge >= 0.3 is 0 Å². The molecule has 2 fully saturated rings. The highest BCUT2D eigenvalue weighted by molar-refractivity contribution is 5.84. The summed E-state index contributed by atoms with van der Waals surface area (Å²) >= 11 is 0. The van der Waals surface area contributed by atoms with Crippen molar-refractivity contribution in [3.8, 4) is 11.5 Å². The fraction of sp³-hybridized carbons (Fsp3) is 0.650. The van der Waals surface area contributed by atoms with Gasteiger partial charge in [0.2, 0.25) is 0 Å². The molecule has 24 heavy (non-hydrogen) atoms. The molecule has 0 spiro atoms. The molecular weight excluding hydrogens is 302 g/mol. The minimum absolute atomic E-state index is 0.187. The third kappa shape index (κ3) is 1.98. The molecule has 0 radical (unpaired) electrons. The van der Waals surface area contributed by atoms with Crippen LogP contribution < -0.4 is 4.74 Å². The topological polar surface area (TPSA) is 49.8 Å². The number of hydrogen-bond donors (Lipinski definition) is 1. The molecule has 0 unspecified atom stereocenters. The molecule has 4 nitrogen and oxygen atoms in total. The maximum absolute atomic E-state index is 12.8. The van der Waals surface area contributed by atoms with E-state index < -0.39 is 0 Å². The van der Waals surface area contributed by atoms with E-state index >= 15 is 0 Å². The molecular formula is C20H27NO3. The zero-order valence-electron chi connectivity index (χ0n) is 14.8. The lowest BCUT2D eigenvalue weighted by Gasteiger charge is -2.59. The van der Waals surface area contributed by atoms with E-state index in [1.807, 2.05) is 6.07 Å². The van der Waals surface area contributed by atoms with Gasteiger partial charge < -0.3 is 14.7 Å². The van der Waals surface area contributed by atoms with Crippen LogP contribution in [-0.4, -0.2) is 42.5 Å². The molecule has 1 N–H and O–H groups in total. The zero-order chi connectivity index (χ0) is 17.1. The number of aromatic hydroxyl groups is 1. The first-order valence-corrected chi connectivity index (χ1v) is 9.14. The Hall–Kier alpha value is -1.55. The number of ether oxygens (including phenoxy) is 1. The number of hydrogen-bond acceptors (Lipinski definition) is 4. The van der Waals surface area contributed by atoms with Crippen LogP contribution in [0.3, 0.4) is 0 Å². The third-order valence-corrected chi connectivity index (χ3v) is 7.00. The van der Waals surface area contributed by atoms with Gasteiger partial charge in [0.15, 0.2) is 11.5 Å². The van der Waals surface area contributed by atoms with Gasteiger partial charge in [-0.3, -0.25) is 4.79 Å². The molecule has 2 bridgehead atoms. The van der Waals surface area contributed by atoms with Gasteiger partial charge in [-0.05, 0) is 56.8 Å². The zero-order valence-corrected chi connectivity index (χ0v) is 14.8. The highest BCUT2D eigenvalue weighted by Crippen LogP contribution is 2.59. The number of rotatable bonds is 2. The fourth-order valence-corrected chi connectivity index (χ4v) is 5.72. The van der Waals surface area contributed by atoms with Crippen LogP contribution in [0, 0.1) is 11.8 Å². The van der Waals surface area contributed by atoms with Crippen molar-refractivity contribution >= 4 is 5.78 Å². The minimum Gasteiger partial charge on any atom is -0.504 e. The Morgan fingerprint density at radius 3 is 2.92 bits per heavy atom.